The molecule has 2 unspecified atom stereocenters. The lowest BCUT2D eigenvalue weighted by atomic mass is 9.97. The largest absolute Gasteiger partial charge is 0.477 e. The maximum atomic E-state index is 10.8. The zero-order chi connectivity index (χ0) is 12.3. The van der Waals surface area contributed by atoms with Crippen LogP contribution in [0, 0.1) is 5.92 Å². The van der Waals surface area contributed by atoms with Crippen molar-refractivity contribution in [1.29, 1.82) is 0 Å². The van der Waals surface area contributed by atoms with Gasteiger partial charge in [0.15, 0.2) is 5.13 Å². The monoisotopic (exact) mass is 254 g/mol. The summed E-state index contributed by atoms with van der Waals surface area (Å²) in [5.41, 5.74) is 0. The predicted molar refractivity (Wildman–Crippen MR) is 68.7 cm³/mol. The Bertz CT molecular complexity index is 392. The summed E-state index contributed by atoms with van der Waals surface area (Å²) >= 11 is 1.22. The molecule has 1 heterocycles. The van der Waals surface area contributed by atoms with E-state index in [4.69, 9.17) is 5.11 Å². The summed E-state index contributed by atoms with van der Waals surface area (Å²) in [6, 6.07) is 0.435. The molecule has 4 nitrogen and oxygen atoms in total. The predicted octanol–water partition coefficient (Wildman–Crippen LogP) is 3.22. The summed E-state index contributed by atoms with van der Waals surface area (Å²) in [6.07, 6.45) is 7.69. The van der Waals surface area contributed by atoms with Crippen molar-refractivity contribution >= 4 is 22.4 Å². The number of carboxylic acids is 1. The summed E-state index contributed by atoms with van der Waals surface area (Å²) in [5, 5.41) is 13.0. The summed E-state index contributed by atoms with van der Waals surface area (Å²) < 4.78 is 0. The van der Waals surface area contributed by atoms with Gasteiger partial charge in [-0.05, 0) is 18.8 Å². The quantitative estimate of drug-likeness (QED) is 0.813. The number of carboxylic acid groups (broad SMARTS) is 1. The Hall–Kier alpha value is -1.10. The van der Waals surface area contributed by atoms with Crippen LogP contribution in [0.1, 0.15) is 48.7 Å². The van der Waals surface area contributed by atoms with E-state index in [1.807, 2.05) is 0 Å². The Morgan fingerprint density at radius 2 is 2.24 bits per heavy atom. The molecule has 0 saturated heterocycles. The number of nitrogens with zero attached hydrogens (tertiary/aromatic N) is 1. The zero-order valence-corrected chi connectivity index (χ0v) is 10.8. The van der Waals surface area contributed by atoms with E-state index in [2.05, 4.69) is 17.2 Å². The van der Waals surface area contributed by atoms with E-state index in [1.165, 1.54) is 43.2 Å². The van der Waals surface area contributed by atoms with Crippen molar-refractivity contribution in [3.63, 3.8) is 0 Å². The van der Waals surface area contributed by atoms with Crippen LogP contribution in [-0.4, -0.2) is 22.1 Å². The zero-order valence-electron chi connectivity index (χ0n) is 9.98. The van der Waals surface area contributed by atoms with E-state index >= 15 is 0 Å². The number of rotatable bonds is 3. The Morgan fingerprint density at radius 1 is 1.47 bits per heavy atom. The molecule has 1 aliphatic rings. The fourth-order valence-electron chi connectivity index (χ4n) is 2.31. The van der Waals surface area contributed by atoms with Crippen molar-refractivity contribution < 1.29 is 9.90 Å². The maximum Gasteiger partial charge on any atom is 0.347 e. The molecule has 5 heteroatoms. The molecule has 0 bridgehead atoms. The van der Waals surface area contributed by atoms with E-state index in [1.54, 1.807) is 0 Å². The molecule has 0 radical (unpaired) electrons. The molecule has 94 valence electrons. The molecule has 0 aromatic carbocycles. The molecule has 2 atom stereocenters. The van der Waals surface area contributed by atoms with Gasteiger partial charge < -0.3 is 10.4 Å². The van der Waals surface area contributed by atoms with E-state index in [0.29, 0.717) is 16.8 Å². The summed E-state index contributed by atoms with van der Waals surface area (Å²) in [4.78, 5) is 15.2. The van der Waals surface area contributed by atoms with Gasteiger partial charge in [0.1, 0.15) is 4.88 Å². The van der Waals surface area contributed by atoms with Gasteiger partial charge in [0.05, 0.1) is 6.20 Å². The molecule has 1 aromatic rings. The first-order chi connectivity index (χ1) is 8.16. The minimum atomic E-state index is -0.899. The lowest BCUT2D eigenvalue weighted by Crippen LogP contribution is -2.26. The maximum absolute atomic E-state index is 10.8. The number of carbonyl (C=O) groups is 1. The molecule has 2 N–H and O–H groups in total. The first kappa shape index (κ1) is 12.4. The van der Waals surface area contributed by atoms with Crippen molar-refractivity contribution in [2.45, 2.75) is 45.1 Å². The van der Waals surface area contributed by atoms with Gasteiger partial charge in [-0.2, -0.15) is 0 Å². The van der Waals surface area contributed by atoms with Gasteiger partial charge >= 0.3 is 5.97 Å². The molecule has 0 aliphatic heterocycles. The third-order valence-electron chi connectivity index (χ3n) is 3.39. The number of thiazole rings is 1. The van der Waals surface area contributed by atoms with Crippen molar-refractivity contribution in [1.82, 2.24) is 4.98 Å². The second-order valence-corrected chi connectivity index (χ2v) is 5.73. The van der Waals surface area contributed by atoms with Crippen LogP contribution < -0.4 is 5.32 Å². The van der Waals surface area contributed by atoms with E-state index in [0.717, 1.165) is 11.6 Å². The van der Waals surface area contributed by atoms with Gasteiger partial charge in [-0.15, -0.1) is 0 Å². The molecular weight excluding hydrogens is 236 g/mol. The van der Waals surface area contributed by atoms with Crippen molar-refractivity contribution in [3.05, 3.63) is 11.1 Å². The van der Waals surface area contributed by atoms with E-state index < -0.39 is 5.97 Å². The van der Waals surface area contributed by atoms with Gasteiger partial charge in [0.25, 0.3) is 0 Å². The Kier molecular flexibility index (Phi) is 3.99. The molecule has 1 aromatic heterocycles. The number of hydrogen-bond acceptors (Lipinski definition) is 4. The fourth-order valence-corrected chi connectivity index (χ4v) is 3.02. The van der Waals surface area contributed by atoms with Gasteiger partial charge in [-0.3, -0.25) is 0 Å². The standard InChI is InChI=1S/C12H18N2O2S/c1-8-5-3-2-4-6-9(8)14-12-13-7-10(17-12)11(15)16/h7-9H,2-6H2,1H3,(H,13,14)(H,15,16). The van der Waals surface area contributed by atoms with Crippen LogP contribution in [-0.2, 0) is 0 Å². The van der Waals surface area contributed by atoms with Crippen LogP contribution in [0.15, 0.2) is 6.20 Å². The first-order valence-electron chi connectivity index (χ1n) is 6.12. The van der Waals surface area contributed by atoms with Crippen LogP contribution in [0.4, 0.5) is 5.13 Å². The van der Waals surface area contributed by atoms with Crippen LogP contribution in [0.2, 0.25) is 0 Å². The van der Waals surface area contributed by atoms with Crippen molar-refractivity contribution in [2.75, 3.05) is 5.32 Å². The minimum Gasteiger partial charge on any atom is -0.477 e. The lowest BCUT2D eigenvalue weighted by molar-refractivity contribution is 0.0702. The third kappa shape index (κ3) is 3.19. The van der Waals surface area contributed by atoms with Gasteiger partial charge in [-0.25, -0.2) is 9.78 Å². The number of nitrogens with one attached hydrogen (secondary N) is 1. The van der Waals surface area contributed by atoms with E-state index in [-0.39, 0.29) is 0 Å². The lowest BCUT2D eigenvalue weighted by Gasteiger charge is -2.22. The fraction of sp³-hybridized carbons (Fsp3) is 0.667. The van der Waals surface area contributed by atoms with Crippen molar-refractivity contribution in [2.24, 2.45) is 5.92 Å². The van der Waals surface area contributed by atoms with Gasteiger partial charge in [0.2, 0.25) is 0 Å². The van der Waals surface area contributed by atoms with Crippen LogP contribution >= 0.6 is 11.3 Å². The SMILES string of the molecule is CC1CCCCCC1Nc1ncc(C(=O)O)s1. The molecule has 1 saturated carbocycles. The van der Waals surface area contributed by atoms with Gasteiger partial charge in [0, 0.05) is 6.04 Å². The third-order valence-corrected chi connectivity index (χ3v) is 4.30. The van der Waals surface area contributed by atoms with Crippen LogP contribution in [0.5, 0.6) is 0 Å². The highest BCUT2D eigenvalue weighted by atomic mass is 32.1. The Balaban J connectivity index is 2.00. The number of aromatic carboxylic acids is 1. The smallest absolute Gasteiger partial charge is 0.347 e. The molecule has 0 amide bonds. The molecule has 2 rings (SSSR count). The molecule has 1 fully saturated rings. The number of aromatic nitrogens is 1. The summed E-state index contributed by atoms with van der Waals surface area (Å²) in [5.74, 6) is -0.265. The molecule has 17 heavy (non-hydrogen) atoms. The number of anilines is 1. The number of hydrogen-bond donors (Lipinski definition) is 2. The van der Waals surface area contributed by atoms with Crippen LogP contribution in [0.25, 0.3) is 0 Å². The van der Waals surface area contributed by atoms with E-state index in [9.17, 15) is 4.79 Å². The Morgan fingerprint density at radius 3 is 2.94 bits per heavy atom. The van der Waals surface area contributed by atoms with Crippen molar-refractivity contribution in [3.8, 4) is 0 Å². The van der Waals surface area contributed by atoms with Gasteiger partial charge in [-0.1, -0.05) is 37.5 Å². The molecule has 0 spiro atoms. The molecule has 1 aliphatic carbocycles. The highest BCUT2D eigenvalue weighted by Crippen LogP contribution is 2.27. The second-order valence-electron chi connectivity index (χ2n) is 4.70. The highest BCUT2D eigenvalue weighted by molar-refractivity contribution is 7.17. The minimum absolute atomic E-state index is 0.300. The average molecular weight is 254 g/mol. The molecular formula is C12H18N2O2S. The summed E-state index contributed by atoms with van der Waals surface area (Å²) in [6.45, 7) is 2.26. The average Bonchev–Trinajstić information content (AvgIpc) is 2.66. The topological polar surface area (TPSA) is 62.2 Å². The summed E-state index contributed by atoms with van der Waals surface area (Å²) in [7, 11) is 0. The highest BCUT2D eigenvalue weighted by Gasteiger charge is 2.21. The normalized spacial score (nSPS) is 25.2. The Labute approximate surface area is 105 Å². The second kappa shape index (κ2) is 5.49. The van der Waals surface area contributed by atoms with Crippen LogP contribution in [0.3, 0.4) is 0 Å². The first-order valence-corrected chi connectivity index (χ1v) is 6.94.